The number of hydrogen-bond acceptors (Lipinski definition) is 2. The van der Waals surface area contributed by atoms with Gasteiger partial charge >= 0.3 is 0 Å². The van der Waals surface area contributed by atoms with Crippen LogP contribution in [-0.4, -0.2) is 0 Å². The van der Waals surface area contributed by atoms with Crippen LogP contribution in [0.5, 0.6) is 0 Å². The number of hydrogen-bond donors (Lipinski definition) is 2. The summed E-state index contributed by atoms with van der Waals surface area (Å²) in [6.07, 6.45) is 0. The number of thiol groups is 2. The molecular formula is C12H10Br2S2. The maximum atomic E-state index is 4.11. The molecule has 0 aliphatic rings. The molecule has 4 heteroatoms. The summed E-state index contributed by atoms with van der Waals surface area (Å²) in [5, 5.41) is 0. The van der Waals surface area contributed by atoms with Gasteiger partial charge in [-0.2, -0.15) is 0 Å². The highest BCUT2D eigenvalue weighted by molar-refractivity contribution is 9.10. The minimum atomic E-state index is 0.994. The molecule has 0 saturated carbocycles. The summed E-state index contributed by atoms with van der Waals surface area (Å²) in [5.74, 6) is 0. The van der Waals surface area contributed by atoms with E-state index in [1.54, 1.807) is 0 Å². The summed E-state index contributed by atoms with van der Waals surface area (Å²) in [7, 11) is 0. The van der Waals surface area contributed by atoms with Crippen molar-refractivity contribution in [1.82, 2.24) is 0 Å². The normalized spacial score (nSPS) is 9.25. The van der Waals surface area contributed by atoms with Crippen LogP contribution < -0.4 is 0 Å². The molecule has 0 aromatic heterocycles. The lowest BCUT2D eigenvalue weighted by molar-refractivity contribution is 1.46. The highest BCUT2D eigenvalue weighted by Gasteiger charge is 1.82. The van der Waals surface area contributed by atoms with E-state index in [0.717, 1.165) is 18.7 Å². The Morgan fingerprint density at radius 3 is 1.00 bits per heavy atom. The second-order valence-electron chi connectivity index (χ2n) is 2.95. The molecule has 84 valence electrons. The average molecular weight is 378 g/mol. The minimum absolute atomic E-state index is 0.994. The first kappa shape index (κ1) is 14.2. The second kappa shape index (κ2) is 7.43. The molecule has 0 heterocycles. The molecule has 0 unspecified atom stereocenters. The van der Waals surface area contributed by atoms with Gasteiger partial charge in [-0.15, -0.1) is 25.3 Å². The second-order valence-corrected chi connectivity index (χ2v) is 5.82. The van der Waals surface area contributed by atoms with Crippen molar-refractivity contribution in [3.05, 3.63) is 57.5 Å². The summed E-state index contributed by atoms with van der Waals surface area (Å²) in [5.41, 5.74) is 0. The molecule has 0 fully saturated rings. The SMILES string of the molecule is Sc1ccc(Br)cc1.Sc1ccc(Br)cc1. The van der Waals surface area contributed by atoms with E-state index in [9.17, 15) is 0 Å². The van der Waals surface area contributed by atoms with E-state index in [2.05, 4.69) is 57.1 Å². The van der Waals surface area contributed by atoms with Crippen LogP contribution in [0.3, 0.4) is 0 Å². The lowest BCUT2D eigenvalue weighted by Crippen LogP contribution is -1.62. The van der Waals surface area contributed by atoms with Gasteiger partial charge in [0, 0.05) is 18.7 Å². The standard InChI is InChI=1S/2C6H5BrS/c2*7-5-1-3-6(8)4-2-5/h2*1-4,8H. The van der Waals surface area contributed by atoms with Crippen LogP contribution >= 0.6 is 57.1 Å². The van der Waals surface area contributed by atoms with Crippen molar-refractivity contribution in [3.8, 4) is 0 Å². The summed E-state index contributed by atoms with van der Waals surface area (Å²) in [4.78, 5) is 1.99. The van der Waals surface area contributed by atoms with E-state index in [1.807, 2.05) is 48.5 Å². The summed E-state index contributed by atoms with van der Waals surface area (Å²) < 4.78 is 2.19. The number of rotatable bonds is 0. The van der Waals surface area contributed by atoms with Crippen molar-refractivity contribution in [2.24, 2.45) is 0 Å². The lowest BCUT2D eigenvalue weighted by atomic mass is 10.4. The Bertz CT molecular complexity index is 338. The molecule has 0 nitrogen and oxygen atoms in total. The topological polar surface area (TPSA) is 0 Å². The molecule has 0 radical (unpaired) electrons. The Balaban J connectivity index is 0.000000160. The Labute approximate surface area is 124 Å². The molecule has 0 spiro atoms. The molecule has 0 saturated heterocycles. The molecule has 16 heavy (non-hydrogen) atoms. The molecule has 2 aromatic rings. The molecule has 0 N–H and O–H groups in total. The lowest BCUT2D eigenvalue weighted by Gasteiger charge is -1.87. The van der Waals surface area contributed by atoms with Gasteiger partial charge in [-0.05, 0) is 48.5 Å². The molecule has 0 atom stereocenters. The van der Waals surface area contributed by atoms with Crippen LogP contribution in [0.25, 0.3) is 0 Å². The van der Waals surface area contributed by atoms with E-state index < -0.39 is 0 Å². The number of benzene rings is 2. The Morgan fingerprint density at radius 1 is 0.562 bits per heavy atom. The van der Waals surface area contributed by atoms with Crippen LogP contribution in [-0.2, 0) is 0 Å². The first-order valence-corrected chi connectivity index (χ1v) is 6.95. The van der Waals surface area contributed by atoms with Crippen LogP contribution in [0.1, 0.15) is 0 Å². The fraction of sp³-hybridized carbons (Fsp3) is 0. The molecule has 0 amide bonds. The van der Waals surface area contributed by atoms with Crippen LogP contribution in [0.2, 0.25) is 0 Å². The van der Waals surface area contributed by atoms with Crippen molar-refractivity contribution in [2.45, 2.75) is 9.79 Å². The Morgan fingerprint density at radius 2 is 0.812 bits per heavy atom. The van der Waals surface area contributed by atoms with Crippen LogP contribution in [0, 0.1) is 0 Å². The number of halogens is 2. The minimum Gasteiger partial charge on any atom is -0.143 e. The van der Waals surface area contributed by atoms with Gasteiger partial charge in [0.2, 0.25) is 0 Å². The molecular weight excluding hydrogens is 368 g/mol. The average Bonchev–Trinajstić information content (AvgIpc) is 2.28. The van der Waals surface area contributed by atoms with Gasteiger partial charge in [0.15, 0.2) is 0 Å². The first-order valence-electron chi connectivity index (χ1n) is 4.47. The monoisotopic (exact) mass is 376 g/mol. The van der Waals surface area contributed by atoms with Crippen molar-refractivity contribution in [1.29, 1.82) is 0 Å². The third-order valence-electron chi connectivity index (χ3n) is 1.65. The third kappa shape index (κ3) is 5.99. The zero-order valence-electron chi connectivity index (χ0n) is 8.27. The van der Waals surface area contributed by atoms with Gasteiger partial charge in [0.25, 0.3) is 0 Å². The predicted octanol–water partition coefficient (Wildman–Crippen LogP) is 5.48. The predicted molar refractivity (Wildman–Crippen MR) is 82.8 cm³/mol. The fourth-order valence-electron chi connectivity index (χ4n) is 0.882. The van der Waals surface area contributed by atoms with Crippen molar-refractivity contribution >= 4 is 57.1 Å². The van der Waals surface area contributed by atoms with Gasteiger partial charge in [-0.1, -0.05) is 31.9 Å². The maximum absolute atomic E-state index is 4.11. The Hall–Kier alpha value is 0.1000. The summed E-state index contributed by atoms with van der Waals surface area (Å²) >= 11 is 14.8. The van der Waals surface area contributed by atoms with E-state index in [0.29, 0.717) is 0 Å². The first-order chi connectivity index (χ1) is 7.58. The van der Waals surface area contributed by atoms with E-state index in [1.165, 1.54) is 0 Å². The molecule has 0 aliphatic carbocycles. The zero-order chi connectivity index (χ0) is 12.0. The molecule has 0 bridgehead atoms. The van der Waals surface area contributed by atoms with Crippen molar-refractivity contribution in [2.75, 3.05) is 0 Å². The van der Waals surface area contributed by atoms with Gasteiger partial charge in [0.05, 0.1) is 0 Å². The van der Waals surface area contributed by atoms with Gasteiger partial charge in [0.1, 0.15) is 0 Å². The summed E-state index contributed by atoms with van der Waals surface area (Å²) in [6.45, 7) is 0. The van der Waals surface area contributed by atoms with Crippen LogP contribution in [0.4, 0.5) is 0 Å². The van der Waals surface area contributed by atoms with E-state index in [4.69, 9.17) is 0 Å². The van der Waals surface area contributed by atoms with Gasteiger partial charge in [-0.25, -0.2) is 0 Å². The largest absolute Gasteiger partial charge is 0.143 e. The van der Waals surface area contributed by atoms with Gasteiger partial charge < -0.3 is 0 Å². The van der Waals surface area contributed by atoms with Crippen LogP contribution in [0.15, 0.2) is 67.3 Å². The smallest absolute Gasteiger partial charge is 0.0176 e. The highest BCUT2D eigenvalue weighted by Crippen LogP contribution is 2.12. The van der Waals surface area contributed by atoms with E-state index in [-0.39, 0.29) is 0 Å². The quantitative estimate of drug-likeness (QED) is 0.558. The zero-order valence-corrected chi connectivity index (χ0v) is 13.2. The van der Waals surface area contributed by atoms with Gasteiger partial charge in [-0.3, -0.25) is 0 Å². The van der Waals surface area contributed by atoms with E-state index >= 15 is 0 Å². The Kier molecular flexibility index (Phi) is 6.58. The maximum Gasteiger partial charge on any atom is 0.0176 e. The molecule has 0 aliphatic heterocycles. The molecule has 2 rings (SSSR count). The summed E-state index contributed by atoms with van der Waals surface area (Å²) in [6, 6.07) is 15.6. The fourth-order valence-corrected chi connectivity index (χ4v) is 1.71. The molecule has 2 aromatic carbocycles. The van der Waals surface area contributed by atoms with Crippen molar-refractivity contribution < 1.29 is 0 Å². The third-order valence-corrected chi connectivity index (χ3v) is 3.31. The van der Waals surface area contributed by atoms with Crippen molar-refractivity contribution in [3.63, 3.8) is 0 Å². The highest BCUT2D eigenvalue weighted by atomic mass is 79.9.